The van der Waals surface area contributed by atoms with Crippen LogP contribution in [0.4, 0.5) is 0 Å². The number of hydrogen-bond acceptors (Lipinski definition) is 5. The number of thiophene rings is 1. The molecule has 0 aliphatic heterocycles. The van der Waals surface area contributed by atoms with Gasteiger partial charge in [0.05, 0.1) is 10.6 Å². The summed E-state index contributed by atoms with van der Waals surface area (Å²) in [6, 6.07) is 7.58. The highest BCUT2D eigenvalue weighted by Crippen LogP contribution is 2.22. The van der Waals surface area contributed by atoms with Gasteiger partial charge in [0.25, 0.3) is 5.91 Å². The third-order valence-corrected chi connectivity index (χ3v) is 3.31. The molecule has 0 unspecified atom stereocenters. The fourth-order valence-electron chi connectivity index (χ4n) is 1.47. The van der Waals surface area contributed by atoms with Crippen molar-refractivity contribution in [3.8, 4) is 11.5 Å². The Balaban J connectivity index is 2.15. The van der Waals surface area contributed by atoms with Gasteiger partial charge in [-0.15, -0.1) is 11.3 Å². The van der Waals surface area contributed by atoms with E-state index < -0.39 is 0 Å². The number of benzene rings is 1. The molecule has 0 radical (unpaired) electrons. The lowest BCUT2D eigenvalue weighted by Gasteiger charge is -2.05. The van der Waals surface area contributed by atoms with Crippen molar-refractivity contribution in [1.82, 2.24) is 5.43 Å². The van der Waals surface area contributed by atoms with E-state index in [9.17, 15) is 15.0 Å². The van der Waals surface area contributed by atoms with Crippen LogP contribution in [0.2, 0.25) is 0 Å². The molecular weight excluding hydrogens is 264 g/mol. The van der Waals surface area contributed by atoms with E-state index >= 15 is 0 Å². The molecule has 0 spiro atoms. The number of carbonyl (C=O) groups excluding carboxylic acids is 1. The lowest BCUT2D eigenvalue weighted by molar-refractivity contribution is 0.0959. The van der Waals surface area contributed by atoms with E-state index in [-0.39, 0.29) is 17.4 Å². The third-order valence-electron chi connectivity index (χ3n) is 2.44. The summed E-state index contributed by atoms with van der Waals surface area (Å²) in [5.41, 5.74) is 3.17. The van der Waals surface area contributed by atoms with Crippen LogP contribution in [-0.4, -0.2) is 21.8 Å². The molecule has 0 atom stereocenters. The van der Waals surface area contributed by atoms with E-state index in [0.717, 1.165) is 0 Å². The molecule has 2 rings (SSSR count). The molecule has 98 valence electrons. The molecule has 3 N–H and O–H groups in total. The smallest absolute Gasteiger partial charge is 0.281 e. The Bertz CT molecular complexity index is 621. The number of nitrogens with zero attached hydrogens (tertiary/aromatic N) is 1. The van der Waals surface area contributed by atoms with Crippen LogP contribution >= 0.6 is 11.3 Å². The van der Waals surface area contributed by atoms with Crippen LogP contribution in [0.5, 0.6) is 11.5 Å². The molecule has 5 nitrogen and oxygen atoms in total. The van der Waals surface area contributed by atoms with E-state index in [2.05, 4.69) is 10.5 Å². The van der Waals surface area contributed by atoms with Crippen LogP contribution in [0, 0.1) is 0 Å². The normalized spacial score (nSPS) is 11.3. The lowest BCUT2D eigenvalue weighted by atomic mass is 10.1. The fraction of sp³-hybridized carbons (Fsp3) is 0.0769. The molecule has 0 saturated carbocycles. The van der Waals surface area contributed by atoms with Gasteiger partial charge in [0, 0.05) is 5.56 Å². The summed E-state index contributed by atoms with van der Waals surface area (Å²) in [6.07, 6.45) is 0. The minimum atomic E-state index is -0.311. The van der Waals surface area contributed by atoms with Crippen molar-refractivity contribution in [1.29, 1.82) is 0 Å². The second kappa shape index (κ2) is 5.53. The number of nitrogens with one attached hydrogen (secondary N) is 1. The second-order valence-corrected chi connectivity index (χ2v) is 4.76. The standard InChI is InChI=1S/C13H12N2O3S/c1-8(10-7-9(16)4-5-11(10)17)14-15-13(18)12-3-2-6-19-12/h2-7,16-17H,1H3,(H,15,18)/b14-8-. The first kappa shape index (κ1) is 13.1. The van der Waals surface area contributed by atoms with Crippen LogP contribution in [0.15, 0.2) is 40.8 Å². The first-order valence-electron chi connectivity index (χ1n) is 5.48. The van der Waals surface area contributed by atoms with Crippen molar-refractivity contribution in [2.24, 2.45) is 5.10 Å². The van der Waals surface area contributed by atoms with E-state index in [4.69, 9.17) is 0 Å². The molecule has 2 aromatic rings. The molecule has 0 aliphatic carbocycles. The van der Waals surface area contributed by atoms with Crippen molar-refractivity contribution < 1.29 is 15.0 Å². The average molecular weight is 276 g/mol. The van der Waals surface area contributed by atoms with Crippen molar-refractivity contribution in [3.63, 3.8) is 0 Å². The predicted octanol–water partition coefficient (Wildman–Crippen LogP) is 2.31. The fourth-order valence-corrected chi connectivity index (χ4v) is 2.09. The summed E-state index contributed by atoms with van der Waals surface area (Å²) < 4.78 is 0. The SMILES string of the molecule is C/C(=N/NC(=O)c1cccs1)c1cc(O)ccc1O. The van der Waals surface area contributed by atoms with Gasteiger partial charge in [0.15, 0.2) is 0 Å². The maximum absolute atomic E-state index is 11.7. The first-order chi connectivity index (χ1) is 9.08. The van der Waals surface area contributed by atoms with Gasteiger partial charge in [-0.2, -0.15) is 5.10 Å². The van der Waals surface area contributed by atoms with Gasteiger partial charge >= 0.3 is 0 Å². The molecular formula is C13H12N2O3S. The Kier molecular flexibility index (Phi) is 3.82. The molecule has 0 bridgehead atoms. The maximum Gasteiger partial charge on any atom is 0.281 e. The third kappa shape index (κ3) is 3.11. The Hall–Kier alpha value is -2.34. The summed E-state index contributed by atoms with van der Waals surface area (Å²) >= 11 is 1.31. The minimum absolute atomic E-state index is 0.00979. The van der Waals surface area contributed by atoms with Gasteiger partial charge in [-0.3, -0.25) is 4.79 Å². The van der Waals surface area contributed by atoms with Crippen LogP contribution in [0.1, 0.15) is 22.2 Å². The molecule has 0 saturated heterocycles. The minimum Gasteiger partial charge on any atom is -0.508 e. The van der Waals surface area contributed by atoms with E-state index in [1.807, 2.05) is 0 Å². The van der Waals surface area contributed by atoms with Crippen molar-refractivity contribution in [2.75, 3.05) is 0 Å². The number of phenols is 2. The molecule has 6 heteroatoms. The van der Waals surface area contributed by atoms with Gasteiger partial charge in [-0.05, 0) is 36.6 Å². The second-order valence-electron chi connectivity index (χ2n) is 3.82. The van der Waals surface area contributed by atoms with E-state index in [1.165, 1.54) is 29.5 Å². The highest BCUT2D eigenvalue weighted by molar-refractivity contribution is 7.12. The first-order valence-corrected chi connectivity index (χ1v) is 6.36. The summed E-state index contributed by atoms with van der Waals surface area (Å²) in [6.45, 7) is 1.63. The zero-order valence-electron chi connectivity index (χ0n) is 10.1. The Morgan fingerprint density at radius 3 is 2.79 bits per heavy atom. The summed E-state index contributed by atoms with van der Waals surface area (Å²) in [7, 11) is 0. The van der Waals surface area contributed by atoms with E-state index in [0.29, 0.717) is 16.2 Å². The van der Waals surface area contributed by atoms with Gasteiger partial charge in [-0.1, -0.05) is 6.07 Å². The number of hydrogen-bond donors (Lipinski definition) is 3. The van der Waals surface area contributed by atoms with Crippen LogP contribution in [0.25, 0.3) is 0 Å². The number of rotatable bonds is 3. The van der Waals surface area contributed by atoms with Crippen LogP contribution < -0.4 is 5.43 Å². The summed E-state index contributed by atoms with van der Waals surface area (Å²) in [5.74, 6) is -0.301. The monoisotopic (exact) mass is 276 g/mol. The van der Waals surface area contributed by atoms with Crippen molar-refractivity contribution in [2.45, 2.75) is 6.92 Å². The Labute approximate surface area is 113 Å². The zero-order chi connectivity index (χ0) is 13.8. The number of amides is 1. The largest absolute Gasteiger partial charge is 0.508 e. The highest BCUT2D eigenvalue weighted by atomic mass is 32.1. The van der Waals surface area contributed by atoms with Crippen LogP contribution in [0.3, 0.4) is 0 Å². The molecule has 19 heavy (non-hydrogen) atoms. The van der Waals surface area contributed by atoms with Gasteiger partial charge < -0.3 is 10.2 Å². The Morgan fingerprint density at radius 1 is 1.32 bits per heavy atom. The number of carbonyl (C=O) groups is 1. The van der Waals surface area contributed by atoms with Crippen LogP contribution in [-0.2, 0) is 0 Å². The Morgan fingerprint density at radius 2 is 2.11 bits per heavy atom. The van der Waals surface area contributed by atoms with Crippen molar-refractivity contribution >= 4 is 23.0 Å². The lowest BCUT2D eigenvalue weighted by Crippen LogP contribution is -2.18. The summed E-state index contributed by atoms with van der Waals surface area (Å²) in [4.78, 5) is 12.2. The highest BCUT2D eigenvalue weighted by Gasteiger charge is 2.08. The quantitative estimate of drug-likeness (QED) is 0.457. The maximum atomic E-state index is 11.7. The average Bonchev–Trinajstić information content (AvgIpc) is 2.92. The molecule has 1 aromatic heterocycles. The number of phenolic OH excluding ortho intramolecular Hbond substituents is 2. The summed E-state index contributed by atoms with van der Waals surface area (Å²) in [5, 5.41) is 24.7. The number of hydrazone groups is 1. The molecule has 1 aromatic carbocycles. The molecule has 1 amide bonds. The predicted molar refractivity (Wildman–Crippen MR) is 73.8 cm³/mol. The topological polar surface area (TPSA) is 81.9 Å². The van der Waals surface area contributed by atoms with Crippen molar-refractivity contribution in [3.05, 3.63) is 46.2 Å². The van der Waals surface area contributed by atoms with Gasteiger partial charge in [-0.25, -0.2) is 5.43 Å². The molecule has 0 aliphatic rings. The molecule has 0 fully saturated rings. The number of aromatic hydroxyl groups is 2. The van der Waals surface area contributed by atoms with E-state index in [1.54, 1.807) is 24.4 Å². The van der Waals surface area contributed by atoms with Gasteiger partial charge in [0.1, 0.15) is 11.5 Å². The zero-order valence-corrected chi connectivity index (χ0v) is 10.9. The van der Waals surface area contributed by atoms with Gasteiger partial charge in [0.2, 0.25) is 0 Å². The molecule has 1 heterocycles.